The zero-order chi connectivity index (χ0) is 18.0. The molecule has 0 aliphatic carbocycles. The summed E-state index contributed by atoms with van der Waals surface area (Å²) in [5.41, 5.74) is 2.32. The number of nitrogens with zero attached hydrogens (tertiary/aromatic N) is 3. The van der Waals surface area contributed by atoms with Crippen LogP contribution in [0.25, 0.3) is 11.0 Å². The zero-order valence-electron chi connectivity index (χ0n) is 14.5. The molecule has 0 spiro atoms. The van der Waals surface area contributed by atoms with Crippen LogP contribution >= 0.6 is 0 Å². The van der Waals surface area contributed by atoms with E-state index in [0.29, 0.717) is 18.7 Å². The van der Waals surface area contributed by atoms with Crippen molar-refractivity contribution in [2.24, 2.45) is 7.05 Å². The summed E-state index contributed by atoms with van der Waals surface area (Å²) < 4.78 is 2.02. The Labute approximate surface area is 145 Å². The highest BCUT2D eigenvalue weighted by Crippen LogP contribution is 2.14. The molecule has 1 aromatic carbocycles. The van der Waals surface area contributed by atoms with Gasteiger partial charge in [-0.25, -0.2) is 9.78 Å². The van der Waals surface area contributed by atoms with E-state index in [1.807, 2.05) is 49.7 Å². The fraction of sp³-hybridized carbons (Fsp3) is 0.333. The second kappa shape index (κ2) is 6.88. The number of para-hydroxylation sites is 2. The van der Waals surface area contributed by atoms with Gasteiger partial charge in [-0.2, -0.15) is 4.98 Å². The molecule has 2 N–H and O–H groups in total. The molecule has 0 saturated heterocycles. The lowest BCUT2D eigenvalue weighted by atomic mass is 10.1. The maximum atomic E-state index is 12.3. The molecule has 0 aliphatic rings. The number of imidazole rings is 1. The number of aryl methyl sites for hydroxylation is 1. The van der Waals surface area contributed by atoms with Gasteiger partial charge in [-0.05, 0) is 24.1 Å². The van der Waals surface area contributed by atoms with E-state index in [1.54, 1.807) is 6.07 Å². The molecule has 2 heterocycles. The highest BCUT2D eigenvalue weighted by molar-refractivity contribution is 5.92. The average Bonchev–Trinajstić information content (AvgIpc) is 2.90. The van der Waals surface area contributed by atoms with Crippen molar-refractivity contribution in [1.82, 2.24) is 24.8 Å². The normalized spacial score (nSPS) is 11.2. The summed E-state index contributed by atoms with van der Waals surface area (Å²) in [6.45, 7) is 4.30. The Morgan fingerprint density at radius 3 is 2.76 bits per heavy atom. The van der Waals surface area contributed by atoms with E-state index in [2.05, 4.69) is 20.3 Å². The van der Waals surface area contributed by atoms with Gasteiger partial charge in [0.1, 0.15) is 11.5 Å². The molecule has 3 rings (SSSR count). The number of aromatic nitrogens is 4. The van der Waals surface area contributed by atoms with Crippen LogP contribution < -0.4 is 11.0 Å². The molecule has 7 heteroatoms. The van der Waals surface area contributed by atoms with Gasteiger partial charge in [0.25, 0.3) is 5.91 Å². The van der Waals surface area contributed by atoms with Crippen LogP contribution in [-0.2, 0) is 13.5 Å². The standard InChI is InChI=1S/C18H21N5O2/c1-11(2)13-10-14(22-18(25)21-13)17(24)19-9-8-16-20-12-6-4-5-7-15(12)23(16)3/h4-7,10-11H,8-9H2,1-3H3,(H,19,24)(H,21,22,25). The van der Waals surface area contributed by atoms with Gasteiger partial charge in [-0.3, -0.25) is 4.79 Å². The number of amides is 1. The molecule has 0 radical (unpaired) electrons. The van der Waals surface area contributed by atoms with E-state index in [4.69, 9.17) is 0 Å². The molecule has 1 amide bonds. The second-order valence-electron chi connectivity index (χ2n) is 6.26. The zero-order valence-corrected chi connectivity index (χ0v) is 14.5. The molecule has 3 aromatic rings. The maximum Gasteiger partial charge on any atom is 0.345 e. The van der Waals surface area contributed by atoms with Gasteiger partial charge in [0.15, 0.2) is 0 Å². The van der Waals surface area contributed by atoms with Gasteiger partial charge < -0.3 is 14.9 Å². The average molecular weight is 339 g/mol. The lowest BCUT2D eigenvalue weighted by Gasteiger charge is -2.08. The Bertz CT molecular complexity index is 971. The first-order chi connectivity index (χ1) is 12.0. The van der Waals surface area contributed by atoms with Crippen molar-refractivity contribution in [3.63, 3.8) is 0 Å². The SMILES string of the molecule is CC(C)c1cc(C(=O)NCCc2nc3ccccc3n2C)nc(=O)[nH]1. The molecule has 25 heavy (non-hydrogen) atoms. The van der Waals surface area contributed by atoms with E-state index in [1.165, 1.54) is 0 Å². The highest BCUT2D eigenvalue weighted by atomic mass is 16.2. The molecular weight excluding hydrogens is 318 g/mol. The van der Waals surface area contributed by atoms with Crippen molar-refractivity contribution in [3.8, 4) is 0 Å². The Balaban J connectivity index is 1.68. The van der Waals surface area contributed by atoms with Gasteiger partial charge in [0.05, 0.1) is 11.0 Å². The first-order valence-corrected chi connectivity index (χ1v) is 8.25. The quantitative estimate of drug-likeness (QED) is 0.741. The largest absolute Gasteiger partial charge is 0.350 e. The Morgan fingerprint density at radius 1 is 1.28 bits per heavy atom. The monoisotopic (exact) mass is 339 g/mol. The summed E-state index contributed by atoms with van der Waals surface area (Å²) in [7, 11) is 1.96. The van der Waals surface area contributed by atoms with E-state index in [9.17, 15) is 9.59 Å². The Hall–Kier alpha value is -2.96. The van der Waals surface area contributed by atoms with Crippen LogP contribution in [0, 0.1) is 0 Å². The molecule has 0 bridgehead atoms. The lowest BCUT2D eigenvalue weighted by Crippen LogP contribution is -2.30. The van der Waals surface area contributed by atoms with E-state index < -0.39 is 5.69 Å². The predicted octanol–water partition coefficient (Wildman–Crippen LogP) is 1.75. The van der Waals surface area contributed by atoms with Crippen molar-refractivity contribution in [2.75, 3.05) is 6.54 Å². The van der Waals surface area contributed by atoms with Gasteiger partial charge in [-0.15, -0.1) is 0 Å². The molecule has 7 nitrogen and oxygen atoms in total. The summed E-state index contributed by atoms with van der Waals surface area (Å²) in [5, 5.41) is 2.80. The number of carbonyl (C=O) groups excluding carboxylic acids is 1. The number of aromatic amines is 1. The number of H-pyrrole nitrogens is 1. The summed E-state index contributed by atoms with van der Waals surface area (Å²) in [5.74, 6) is 0.650. The third-order valence-corrected chi connectivity index (χ3v) is 4.13. The minimum Gasteiger partial charge on any atom is -0.350 e. The highest BCUT2D eigenvalue weighted by Gasteiger charge is 2.12. The Kier molecular flexibility index (Phi) is 4.65. The number of benzene rings is 1. The van der Waals surface area contributed by atoms with Crippen LogP contribution in [0.4, 0.5) is 0 Å². The van der Waals surface area contributed by atoms with E-state index in [0.717, 1.165) is 16.9 Å². The number of nitrogens with one attached hydrogen (secondary N) is 2. The number of fused-ring (bicyclic) bond motifs is 1. The van der Waals surface area contributed by atoms with Crippen LogP contribution in [0.2, 0.25) is 0 Å². The number of rotatable bonds is 5. The molecule has 0 atom stereocenters. The minimum absolute atomic E-state index is 0.113. The van der Waals surface area contributed by atoms with Crippen molar-refractivity contribution in [3.05, 3.63) is 58.0 Å². The third-order valence-electron chi connectivity index (χ3n) is 4.13. The van der Waals surface area contributed by atoms with E-state index in [-0.39, 0.29) is 17.5 Å². The minimum atomic E-state index is -0.508. The summed E-state index contributed by atoms with van der Waals surface area (Å²) in [6, 6.07) is 9.52. The van der Waals surface area contributed by atoms with Crippen molar-refractivity contribution in [2.45, 2.75) is 26.2 Å². The van der Waals surface area contributed by atoms with Crippen LogP contribution in [0.1, 0.15) is 41.8 Å². The first-order valence-electron chi connectivity index (χ1n) is 8.25. The van der Waals surface area contributed by atoms with Gasteiger partial charge in [-0.1, -0.05) is 26.0 Å². The fourth-order valence-corrected chi connectivity index (χ4v) is 2.70. The molecular formula is C18H21N5O2. The van der Waals surface area contributed by atoms with Crippen LogP contribution in [-0.4, -0.2) is 32.0 Å². The molecule has 130 valence electrons. The molecule has 0 saturated carbocycles. The Morgan fingerprint density at radius 2 is 2.04 bits per heavy atom. The summed E-state index contributed by atoms with van der Waals surface area (Å²) in [6.07, 6.45) is 0.594. The molecule has 0 aliphatic heterocycles. The number of hydrogen-bond acceptors (Lipinski definition) is 4. The number of hydrogen-bond donors (Lipinski definition) is 2. The first kappa shape index (κ1) is 16.9. The smallest absolute Gasteiger partial charge is 0.345 e. The lowest BCUT2D eigenvalue weighted by molar-refractivity contribution is 0.0948. The predicted molar refractivity (Wildman–Crippen MR) is 95.7 cm³/mol. The van der Waals surface area contributed by atoms with Crippen LogP contribution in [0.3, 0.4) is 0 Å². The maximum absolute atomic E-state index is 12.3. The number of carbonyl (C=O) groups is 1. The van der Waals surface area contributed by atoms with Gasteiger partial charge >= 0.3 is 5.69 Å². The third kappa shape index (κ3) is 3.60. The molecule has 2 aromatic heterocycles. The summed E-state index contributed by atoms with van der Waals surface area (Å²) >= 11 is 0. The van der Waals surface area contributed by atoms with Gasteiger partial charge in [0.2, 0.25) is 0 Å². The van der Waals surface area contributed by atoms with Crippen LogP contribution in [0.15, 0.2) is 35.1 Å². The molecule has 0 unspecified atom stereocenters. The fourth-order valence-electron chi connectivity index (χ4n) is 2.70. The second-order valence-corrected chi connectivity index (χ2v) is 6.26. The van der Waals surface area contributed by atoms with Crippen LogP contribution in [0.5, 0.6) is 0 Å². The van der Waals surface area contributed by atoms with Gasteiger partial charge in [0, 0.05) is 25.7 Å². The van der Waals surface area contributed by atoms with E-state index >= 15 is 0 Å². The summed E-state index contributed by atoms with van der Waals surface area (Å²) in [4.78, 5) is 34.8. The van der Waals surface area contributed by atoms with Crippen molar-refractivity contribution < 1.29 is 4.79 Å². The van der Waals surface area contributed by atoms with Crippen molar-refractivity contribution >= 4 is 16.9 Å². The molecule has 0 fully saturated rings. The topological polar surface area (TPSA) is 92.7 Å². The van der Waals surface area contributed by atoms with Crippen molar-refractivity contribution in [1.29, 1.82) is 0 Å².